The van der Waals surface area contributed by atoms with Gasteiger partial charge in [-0.05, 0) is 53.3 Å². The first-order valence-electron chi connectivity index (χ1n) is 8.25. The maximum Gasteiger partial charge on any atom is 0.0786 e. The van der Waals surface area contributed by atoms with Gasteiger partial charge in [0, 0.05) is 22.4 Å². The Morgan fingerprint density at radius 3 is 2.09 bits per heavy atom. The third-order valence-corrected chi connectivity index (χ3v) is 5.52. The Morgan fingerprint density at radius 1 is 0.783 bits per heavy atom. The summed E-state index contributed by atoms with van der Waals surface area (Å²) in [5.74, 6) is 0. The molecular formula is C22H19N. The summed E-state index contributed by atoms with van der Waals surface area (Å²) in [7, 11) is 0. The van der Waals surface area contributed by atoms with Gasteiger partial charge in [0.1, 0.15) is 0 Å². The molecule has 5 rings (SSSR count). The number of hydrogen-bond acceptors (Lipinski definition) is 1. The van der Waals surface area contributed by atoms with Crippen LogP contribution in [0.5, 0.6) is 0 Å². The molecule has 0 radical (unpaired) electrons. The Hall–Kier alpha value is -2.41. The minimum atomic E-state index is 0.0499. The largest absolute Gasteiger partial charge is 0.256 e. The number of nitrogens with zero attached hydrogens (tertiary/aromatic N) is 1. The van der Waals surface area contributed by atoms with Crippen molar-refractivity contribution in [1.82, 2.24) is 4.98 Å². The zero-order valence-electron chi connectivity index (χ0n) is 14.0. The predicted molar refractivity (Wildman–Crippen MR) is 98.4 cm³/mol. The smallest absolute Gasteiger partial charge is 0.0786 e. The minimum absolute atomic E-state index is 0.0499. The van der Waals surface area contributed by atoms with Crippen molar-refractivity contribution in [2.45, 2.75) is 33.1 Å². The quantitative estimate of drug-likeness (QED) is 0.374. The molecule has 0 spiro atoms. The predicted octanol–water partition coefficient (Wildman–Crippen LogP) is 5.80. The van der Waals surface area contributed by atoms with E-state index in [0.717, 1.165) is 5.52 Å². The van der Waals surface area contributed by atoms with E-state index in [1.165, 1.54) is 49.2 Å². The van der Waals surface area contributed by atoms with Gasteiger partial charge in [-0.3, -0.25) is 4.98 Å². The molecule has 1 aromatic heterocycles. The first-order chi connectivity index (χ1) is 11.0. The maximum absolute atomic E-state index is 4.74. The van der Waals surface area contributed by atoms with E-state index in [-0.39, 0.29) is 5.41 Å². The van der Waals surface area contributed by atoms with Gasteiger partial charge in [-0.15, -0.1) is 0 Å². The van der Waals surface area contributed by atoms with Crippen LogP contribution < -0.4 is 0 Å². The highest BCUT2D eigenvalue weighted by molar-refractivity contribution is 6.28. The van der Waals surface area contributed by atoms with E-state index in [1.807, 2.05) is 6.20 Å². The van der Waals surface area contributed by atoms with E-state index in [9.17, 15) is 0 Å². The summed E-state index contributed by atoms with van der Waals surface area (Å²) in [6.07, 6.45) is 1.91. The first kappa shape index (κ1) is 13.1. The van der Waals surface area contributed by atoms with E-state index in [1.54, 1.807) is 0 Å². The lowest BCUT2D eigenvalue weighted by molar-refractivity contribution is 0.661. The molecule has 0 atom stereocenters. The normalized spacial score (nSPS) is 15.3. The molecule has 0 bridgehead atoms. The average Bonchev–Trinajstić information content (AvgIpc) is 2.74. The third kappa shape index (κ3) is 1.45. The van der Waals surface area contributed by atoms with Gasteiger partial charge >= 0.3 is 0 Å². The molecule has 1 aliphatic rings. The average molecular weight is 297 g/mol. The molecule has 112 valence electrons. The highest BCUT2D eigenvalue weighted by Gasteiger charge is 2.35. The molecule has 23 heavy (non-hydrogen) atoms. The van der Waals surface area contributed by atoms with Crippen molar-refractivity contribution < 1.29 is 0 Å². The lowest BCUT2D eigenvalue weighted by Gasteiger charge is -2.22. The molecular weight excluding hydrogens is 278 g/mol. The van der Waals surface area contributed by atoms with Gasteiger partial charge in [0.2, 0.25) is 0 Å². The van der Waals surface area contributed by atoms with Crippen LogP contribution in [-0.2, 0) is 5.41 Å². The van der Waals surface area contributed by atoms with Crippen LogP contribution in [0, 0.1) is 13.8 Å². The molecule has 1 aliphatic carbocycles. The number of aromatic nitrogens is 1. The van der Waals surface area contributed by atoms with Crippen LogP contribution in [0.2, 0.25) is 0 Å². The fraction of sp³-hybridized carbons (Fsp3) is 0.227. The first-order valence-corrected chi connectivity index (χ1v) is 8.25. The fourth-order valence-electron chi connectivity index (χ4n) is 4.48. The summed E-state index contributed by atoms with van der Waals surface area (Å²) in [4.78, 5) is 4.74. The summed E-state index contributed by atoms with van der Waals surface area (Å²) < 4.78 is 0. The van der Waals surface area contributed by atoms with Gasteiger partial charge < -0.3 is 0 Å². The van der Waals surface area contributed by atoms with Crippen molar-refractivity contribution in [2.75, 3.05) is 0 Å². The van der Waals surface area contributed by atoms with Crippen LogP contribution in [0.3, 0.4) is 0 Å². The minimum Gasteiger partial charge on any atom is -0.256 e. The van der Waals surface area contributed by atoms with Crippen LogP contribution >= 0.6 is 0 Å². The lowest BCUT2D eigenvalue weighted by atomic mass is 9.81. The number of benzene rings is 3. The Kier molecular flexibility index (Phi) is 2.22. The molecule has 1 nitrogen and oxygen atoms in total. The monoisotopic (exact) mass is 297 g/mol. The Labute approximate surface area is 136 Å². The molecule has 0 saturated heterocycles. The van der Waals surface area contributed by atoms with Gasteiger partial charge in [0.15, 0.2) is 0 Å². The van der Waals surface area contributed by atoms with Gasteiger partial charge in [-0.1, -0.05) is 49.2 Å². The molecule has 0 saturated carbocycles. The molecule has 1 heteroatoms. The van der Waals surface area contributed by atoms with Crippen molar-refractivity contribution in [3.05, 3.63) is 64.8 Å². The third-order valence-electron chi connectivity index (χ3n) is 5.52. The second-order valence-electron chi connectivity index (χ2n) is 7.49. The van der Waals surface area contributed by atoms with Crippen LogP contribution in [0.25, 0.3) is 32.4 Å². The second-order valence-corrected chi connectivity index (χ2v) is 7.49. The number of fused-ring (bicyclic) bond motifs is 3. The van der Waals surface area contributed by atoms with E-state index in [2.05, 4.69) is 64.1 Å². The molecule has 0 amide bonds. The van der Waals surface area contributed by atoms with Crippen molar-refractivity contribution >= 4 is 32.4 Å². The zero-order chi connectivity index (χ0) is 15.9. The summed E-state index contributed by atoms with van der Waals surface area (Å²) in [6, 6.07) is 13.6. The van der Waals surface area contributed by atoms with Crippen LogP contribution in [0.1, 0.15) is 36.1 Å². The summed E-state index contributed by atoms with van der Waals surface area (Å²) >= 11 is 0. The van der Waals surface area contributed by atoms with Crippen LogP contribution in [-0.4, -0.2) is 4.98 Å². The van der Waals surface area contributed by atoms with E-state index in [4.69, 9.17) is 4.98 Å². The SMILES string of the molecule is Cc1cc2c3c(c1)c1cccnc1c1cc(C)cc(c13)C2(C)C. The van der Waals surface area contributed by atoms with Crippen LogP contribution in [0.15, 0.2) is 42.6 Å². The van der Waals surface area contributed by atoms with E-state index < -0.39 is 0 Å². The summed E-state index contributed by atoms with van der Waals surface area (Å²) in [6.45, 7) is 9.10. The van der Waals surface area contributed by atoms with Crippen molar-refractivity contribution in [2.24, 2.45) is 0 Å². The Bertz CT molecular complexity index is 1060. The number of hydrogen-bond donors (Lipinski definition) is 0. The standard InChI is InChI=1S/C22H19N/c1-12-8-15-14-6-5-7-23-21(14)16-9-13(2)11-18-20(16)19(15)17(10-12)22(18,3)4/h5-11H,1-4H3. The summed E-state index contributed by atoms with van der Waals surface area (Å²) in [5, 5.41) is 6.78. The van der Waals surface area contributed by atoms with Crippen LogP contribution in [0.4, 0.5) is 0 Å². The molecule has 3 aromatic carbocycles. The molecule has 4 aromatic rings. The maximum atomic E-state index is 4.74. The lowest BCUT2D eigenvalue weighted by Crippen LogP contribution is -2.15. The fourth-order valence-corrected chi connectivity index (χ4v) is 4.48. The number of rotatable bonds is 0. The zero-order valence-corrected chi connectivity index (χ0v) is 14.0. The van der Waals surface area contributed by atoms with Crippen molar-refractivity contribution in [3.63, 3.8) is 0 Å². The Balaban J connectivity index is 2.24. The molecule has 1 heterocycles. The highest BCUT2D eigenvalue weighted by atomic mass is 14.7. The van der Waals surface area contributed by atoms with E-state index >= 15 is 0 Å². The number of aryl methyl sites for hydroxylation is 2. The highest BCUT2D eigenvalue weighted by Crippen LogP contribution is 2.51. The molecule has 0 fully saturated rings. The van der Waals surface area contributed by atoms with Gasteiger partial charge in [0.25, 0.3) is 0 Å². The van der Waals surface area contributed by atoms with E-state index in [0.29, 0.717) is 0 Å². The number of pyridine rings is 1. The topological polar surface area (TPSA) is 12.9 Å². The van der Waals surface area contributed by atoms with Crippen molar-refractivity contribution in [3.8, 4) is 0 Å². The molecule has 0 unspecified atom stereocenters. The van der Waals surface area contributed by atoms with Crippen molar-refractivity contribution in [1.29, 1.82) is 0 Å². The second kappa shape index (κ2) is 3.91. The van der Waals surface area contributed by atoms with Gasteiger partial charge in [-0.25, -0.2) is 0 Å². The molecule has 0 aliphatic heterocycles. The van der Waals surface area contributed by atoms with Gasteiger partial charge in [0.05, 0.1) is 5.52 Å². The Morgan fingerprint density at radius 2 is 1.39 bits per heavy atom. The summed E-state index contributed by atoms with van der Waals surface area (Å²) in [5.41, 5.74) is 6.74. The molecule has 0 N–H and O–H groups in total. The van der Waals surface area contributed by atoms with Gasteiger partial charge in [-0.2, -0.15) is 0 Å².